The molecule has 0 aliphatic carbocycles. The average molecular weight is 412 g/mol. The van der Waals surface area contributed by atoms with Gasteiger partial charge in [0.15, 0.2) is 5.82 Å². The first-order valence-corrected chi connectivity index (χ1v) is 9.21. The van der Waals surface area contributed by atoms with E-state index >= 15 is 0 Å². The number of nitrogens with two attached hydrogens (primary N) is 1. The molecule has 0 saturated heterocycles. The monoisotopic (exact) mass is 411 g/mol. The fourth-order valence-corrected chi connectivity index (χ4v) is 3.40. The molecule has 0 spiro atoms. The zero-order valence-electron chi connectivity index (χ0n) is 14.4. The van der Waals surface area contributed by atoms with Gasteiger partial charge in [-0.25, -0.2) is 4.68 Å². The number of nitrogen functional groups attached to an aromatic ring is 1. The maximum atomic E-state index is 12.4. The number of hydrogen-bond acceptors (Lipinski definition) is 5. The second-order valence-electron chi connectivity index (χ2n) is 6.66. The third-order valence-corrected chi connectivity index (χ3v) is 5.08. The van der Waals surface area contributed by atoms with E-state index in [4.69, 9.17) is 5.84 Å². The van der Waals surface area contributed by atoms with E-state index in [1.165, 1.54) is 16.4 Å². The quantitative estimate of drug-likeness (QED) is 0.593. The molecule has 1 aromatic carbocycles. The molecule has 6 nitrogen and oxygen atoms in total. The summed E-state index contributed by atoms with van der Waals surface area (Å²) < 4.78 is 2.31. The number of rotatable bonds is 4. The van der Waals surface area contributed by atoms with Crippen LogP contribution in [0.1, 0.15) is 39.1 Å². The SMILES string of the molecule is Cc1ccc(NC(=O)C(C)Sc2nnc(C(C)(C)C)n2N)c(Br)c1. The molecule has 8 heteroatoms. The predicted octanol–water partition coefficient (Wildman–Crippen LogP) is 3.48. The molecular weight excluding hydrogens is 390 g/mol. The maximum absolute atomic E-state index is 12.4. The highest BCUT2D eigenvalue weighted by Gasteiger charge is 2.25. The molecule has 1 atom stereocenters. The van der Waals surface area contributed by atoms with Crippen molar-refractivity contribution >= 4 is 39.3 Å². The van der Waals surface area contributed by atoms with Crippen LogP contribution in [-0.4, -0.2) is 26.0 Å². The van der Waals surface area contributed by atoms with Gasteiger partial charge >= 0.3 is 0 Å². The molecule has 1 unspecified atom stereocenters. The van der Waals surface area contributed by atoms with Gasteiger partial charge < -0.3 is 11.2 Å². The second-order valence-corrected chi connectivity index (χ2v) is 8.82. The number of aryl methyl sites for hydroxylation is 1. The van der Waals surface area contributed by atoms with Crippen LogP contribution in [0, 0.1) is 6.92 Å². The Morgan fingerprint density at radius 3 is 2.58 bits per heavy atom. The third kappa shape index (κ3) is 4.30. The number of benzene rings is 1. The van der Waals surface area contributed by atoms with Gasteiger partial charge in [-0.3, -0.25) is 4.79 Å². The molecule has 0 saturated carbocycles. The number of amides is 1. The maximum Gasteiger partial charge on any atom is 0.237 e. The fourth-order valence-electron chi connectivity index (χ4n) is 2.04. The minimum absolute atomic E-state index is 0.120. The zero-order valence-corrected chi connectivity index (χ0v) is 16.8. The van der Waals surface area contributed by atoms with Gasteiger partial charge in [0.2, 0.25) is 11.1 Å². The first-order chi connectivity index (χ1) is 11.1. The van der Waals surface area contributed by atoms with Gasteiger partial charge in [0.1, 0.15) is 0 Å². The molecule has 2 aromatic rings. The van der Waals surface area contributed by atoms with E-state index < -0.39 is 0 Å². The van der Waals surface area contributed by atoms with Crippen molar-refractivity contribution in [3.05, 3.63) is 34.1 Å². The lowest BCUT2D eigenvalue weighted by molar-refractivity contribution is -0.115. The summed E-state index contributed by atoms with van der Waals surface area (Å²) in [4.78, 5) is 12.4. The van der Waals surface area contributed by atoms with Crippen LogP contribution < -0.4 is 11.2 Å². The molecule has 0 aliphatic heterocycles. The molecule has 3 N–H and O–H groups in total. The topological polar surface area (TPSA) is 85.8 Å². The lowest BCUT2D eigenvalue weighted by Crippen LogP contribution is -2.26. The Hall–Kier alpha value is -1.54. The molecule has 0 aliphatic rings. The van der Waals surface area contributed by atoms with Crippen molar-refractivity contribution in [3.63, 3.8) is 0 Å². The molecule has 0 radical (unpaired) electrons. The first kappa shape index (κ1) is 18.8. The van der Waals surface area contributed by atoms with Gasteiger partial charge in [0, 0.05) is 9.89 Å². The summed E-state index contributed by atoms with van der Waals surface area (Å²) in [5.74, 6) is 6.62. The average Bonchev–Trinajstić information content (AvgIpc) is 2.83. The minimum atomic E-state index is -0.363. The van der Waals surface area contributed by atoms with Crippen LogP contribution in [0.4, 0.5) is 5.69 Å². The van der Waals surface area contributed by atoms with E-state index in [9.17, 15) is 4.79 Å². The predicted molar refractivity (Wildman–Crippen MR) is 102 cm³/mol. The van der Waals surface area contributed by atoms with Crippen molar-refractivity contribution in [2.45, 2.75) is 50.4 Å². The summed E-state index contributed by atoms with van der Waals surface area (Å²) in [5, 5.41) is 11.3. The number of thioether (sulfide) groups is 1. The van der Waals surface area contributed by atoms with Crippen molar-refractivity contribution in [3.8, 4) is 0 Å². The molecule has 130 valence electrons. The number of hydrogen-bond donors (Lipinski definition) is 2. The first-order valence-electron chi connectivity index (χ1n) is 7.54. The second kappa shape index (κ2) is 7.14. The van der Waals surface area contributed by atoms with E-state index in [2.05, 4.69) is 31.4 Å². The fraction of sp³-hybridized carbons (Fsp3) is 0.438. The van der Waals surface area contributed by atoms with Crippen LogP contribution in [0.5, 0.6) is 0 Å². The highest BCUT2D eigenvalue weighted by Crippen LogP contribution is 2.28. The summed E-state index contributed by atoms with van der Waals surface area (Å²) in [6, 6.07) is 5.78. The third-order valence-electron chi connectivity index (χ3n) is 3.37. The highest BCUT2D eigenvalue weighted by molar-refractivity contribution is 9.10. The molecule has 0 bridgehead atoms. The lowest BCUT2D eigenvalue weighted by atomic mass is 9.96. The summed E-state index contributed by atoms with van der Waals surface area (Å²) in [5.41, 5.74) is 1.65. The van der Waals surface area contributed by atoms with E-state index in [0.29, 0.717) is 11.0 Å². The van der Waals surface area contributed by atoms with E-state index in [1.54, 1.807) is 0 Å². The van der Waals surface area contributed by atoms with Crippen molar-refractivity contribution in [1.29, 1.82) is 0 Å². The molecule has 24 heavy (non-hydrogen) atoms. The van der Waals surface area contributed by atoms with Crippen LogP contribution in [0.3, 0.4) is 0 Å². The molecule has 1 amide bonds. The summed E-state index contributed by atoms with van der Waals surface area (Å²) in [6.45, 7) is 9.85. The lowest BCUT2D eigenvalue weighted by Gasteiger charge is -2.17. The smallest absolute Gasteiger partial charge is 0.237 e. The van der Waals surface area contributed by atoms with Gasteiger partial charge in [-0.05, 0) is 47.5 Å². The van der Waals surface area contributed by atoms with Crippen molar-refractivity contribution in [1.82, 2.24) is 14.9 Å². The van der Waals surface area contributed by atoms with Gasteiger partial charge in [0.05, 0.1) is 10.9 Å². The minimum Gasteiger partial charge on any atom is -0.336 e. The van der Waals surface area contributed by atoms with E-state index in [-0.39, 0.29) is 16.6 Å². The largest absolute Gasteiger partial charge is 0.336 e. The van der Waals surface area contributed by atoms with Crippen LogP contribution in [-0.2, 0) is 10.2 Å². The van der Waals surface area contributed by atoms with Gasteiger partial charge in [0.25, 0.3) is 0 Å². The van der Waals surface area contributed by atoms with Crippen molar-refractivity contribution in [2.75, 3.05) is 11.2 Å². The number of nitrogens with zero attached hydrogens (tertiary/aromatic N) is 3. The van der Waals surface area contributed by atoms with Crippen molar-refractivity contribution in [2.24, 2.45) is 0 Å². The summed E-state index contributed by atoms with van der Waals surface area (Å²) in [6.07, 6.45) is 0. The number of carbonyl (C=O) groups excluding carboxylic acids is 1. The Morgan fingerprint density at radius 1 is 1.38 bits per heavy atom. The summed E-state index contributed by atoms with van der Waals surface area (Å²) >= 11 is 4.74. The van der Waals surface area contributed by atoms with Gasteiger partial charge in [-0.1, -0.05) is 38.6 Å². The Balaban J connectivity index is 2.08. The normalized spacial score (nSPS) is 12.9. The molecular formula is C16H22BrN5OS. The Morgan fingerprint density at radius 2 is 2.04 bits per heavy atom. The molecule has 0 fully saturated rings. The Bertz CT molecular complexity index is 753. The molecule has 1 heterocycles. The Labute approximate surface area is 154 Å². The zero-order chi connectivity index (χ0) is 18.1. The number of anilines is 1. The Kier molecular flexibility index (Phi) is 5.59. The van der Waals surface area contributed by atoms with Crippen LogP contribution in [0.2, 0.25) is 0 Å². The number of halogens is 1. The van der Waals surface area contributed by atoms with Crippen LogP contribution in [0.25, 0.3) is 0 Å². The van der Waals surface area contributed by atoms with E-state index in [1.807, 2.05) is 52.8 Å². The van der Waals surface area contributed by atoms with Crippen LogP contribution in [0.15, 0.2) is 27.8 Å². The summed E-state index contributed by atoms with van der Waals surface area (Å²) in [7, 11) is 0. The van der Waals surface area contributed by atoms with Crippen molar-refractivity contribution < 1.29 is 4.79 Å². The number of carbonyl (C=O) groups is 1. The van der Waals surface area contributed by atoms with Gasteiger partial charge in [-0.2, -0.15) is 0 Å². The highest BCUT2D eigenvalue weighted by atomic mass is 79.9. The molecule has 2 rings (SSSR count). The van der Waals surface area contributed by atoms with Gasteiger partial charge in [-0.15, -0.1) is 10.2 Å². The van der Waals surface area contributed by atoms with Crippen LogP contribution >= 0.6 is 27.7 Å². The number of nitrogens with one attached hydrogen (secondary N) is 1. The number of aromatic nitrogens is 3. The standard InChI is InChI=1S/C16H22BrN5OS/c1-9-6-7-12(11(17)8-9)19-13(23)10(2)24-15-21-20-14(22(15)18)16(3,4)5/h6-8,10H,18H2,1-5H3,(H,19,23). The molecule has 1 aromatic heterocycles. The van der Waals surface area contributed by atoms with E-state index in [0.717, 1.165) is 15.7 Å².